The lowest BCUT2D eigenvalue weighted by Crippen LogP contribution is -2.08. The smallest absolute Gasteiger partial charge is 0.218 e. The largest absolute Gasteiger partial charge is 0.491 e. The summed E-state index contributed by atoms with van der Waals surface area (Å²) in [7, 11) is 3.82. The van der Waals surface area contributed by atoms with Crippen molar-refractivity contribution in [1.29, 1.82) is 0 Å². The third kappa shape index (κ3) is 3.91. The summed E-state index contributed by atoms with van der Waals surface area (Å²) < 4.78 is 11.3. The summed E-state index contributed by atoms with van der Waals surface area (Å²) in [6, 6.07) is 5.68. The highest BCUT2D eigenvalue weighted by molar-refractivity contribution is 5.84. The van der Waals surface area contributed by atoms with Gasteiger partial charge in [-0.05, 0) is 38.5 Å². The predicted octanol–water partition coefficient (Wildman–Crippen LogP) is 3.76. The number of rotatable bonds is 6. The van der Waals surface area contributed by atoms with Crippen molar-refractivity contribution in [2.75, 3.05) is 5.32 Å². The summed E-state index contributed by atoms with van der Waals surface area (Å²) in [6.07, 6.45) is 9.26. The highest BCUT2D eigenvalue weighted by Gasteiger charge is 2.20. The van der Waals surface area contributed by atoms with Crippen molar-refractivity contribution < 1.29 is 4.74 Å². The van der Waals surface area contributed by atoms with Crippen LogP contribution in [0.2, 0.25) is 0 Å². The molecule has 5 heterocycles. The Kier molecular flexibility index (Phi) is 5.04. The van der Waals surface area contributed by atoms with E-state index < -0.39 is 0 Å². The van der Waals surface area contributed by atoms with E-state index >= 15 is 0 Å². The van der Waals surface area contributed by atoms with Crippen molar-refractivity contribution in [1.82, 2.24) is 38.9 Å². The van der Waals surface area contributed by atoms with Gasteiger partial charge in [0.2, 0.25) is 5.82 Å². The molecule has 0 unspecified atom stereocenters. The van der Waals surface area contributed by atoms with Gasteiger partial charge in [-0.1, -0.05) is 0 Å². The Morgan fingerprint density at radius 2 is 1.88 bits per heavy atom. The molecule has 5 aromatic heterocycles. The molecule has 5 aromatic rings. The minimum absolute atomic E-state index is 0.0647. The second-order valence-electron chi connectivity index (χ2n) is 8.15. The third-order valence-corrected chi connectivity index (χ3v) is 5.24. The Labute approximate surface area is 190 Å². The Bertz CT molecular complexity index is 1440. The lowest BCUT2D eigenvalue weighted by Gasteiger charge is -2.12. The zero-order valence-electron chi connectivity index (χ0n) is 19.2. The van der Waals surface area contributed by atoms with Crippen LogP contribution < -0.4 is 10.1 Å². The Morgan fingerprint density at radius 1 is 1.03 bits per heavy atom. The summed E-state index contributed by atoms with van der Waals surface area (Å²) in [5.74, 6) is 3.14. The SMILES string of the molecule is Cc1c(-c2ccn(C)n2)cn2nc(-c3nccn3C)nc(Nc3cc(OC(C)C)ccn3)c12. The first-order chi connectivity index (χ1) is 15.9. The molecule has 0 aromatic carbocycles. The van der Waals surface area contributed by atoms with E-state index in [0.29, 0.717) is 23.3 Å². The minimum Gasteiger partial charge on any atom is -0.491 e. The molecule has 0 fully saturated rings. The number of imidazole rings is 1. The number of ether oxygens (including phenoxy) is 1. The maximum absolute atomic E-state index is 5.82. The molecule has 0 amide bonds. The summed E-state index contributed by atoms with van der Waals surface area (Å²) in [5.41, 5.74) is 3.70. The van der Waals surface area contributed by atoms with Crippen LogP contribution >= 0.6 is 0 Å². The Hall–Kier alpha value is -4.21. The van der Waals surface area contributed by atoms with E-state index in [1.54, 1.807) is 17.1 Å². The zero-order valence-corrected chi connectivity index (χ0v) is 19.2. The van der Waals surface area contributed by atoms with Crippen molar-refractivity contribution in [2.45, 2.75) is 26.9 Å². The van der Waals surface area contributed by atoms with E-state index in [-0.39, 0.29) is 6.10 Å². The van der Waals surface area contributed by atoms with Crippen LogP contribution in [-0.2, 0) is 14.1 Å². The van der Waals surface area contributed by atoms with Crippen molar-refractivity contribution in [2.24, 2.45) is 14.1 Å². The molecule has 10 nitrogen and oxygen atoms in total. The number of hydrogen-bond acceptors (Lipinski definition) is 7. The highest BCUT2D eigenvalue weighted by atomic mass is 16.5. The van der Waals surface area contributed by atoms with Gasteiger partial charge in [-0.25, -0.2) is 19.5 Å². The minimum atomic E-state index is 0.0647. The molecule has 0 bridgehead atoms. The van der Waals surface area contributed by atoms with Crippen LogP contribution in [0, 0.1) is 6.92 Å². The number of hydrogen-bond donors (Lipinski definition) is 1. The Balaban J connectivity index is 1.67. The molecular weight excluding hydrogens is 418 g/mol. The van der Waals surface area contributed by atoms with Gasteiger partial charge >= 0.3 is 0 Å². The molecule has 0 radical (unpaired) electrons. The highest BCUT2D eigenvalue weighted by Crippen LogP contribution is 2.32. The van der Waals surface area contributed by atoms with Gasteiger partial charge in [-0.3, -0.25) is 4.68 Å². The summed E-state index contributed by atoms with van der Waals surface area (Å²) in [4.78, 5) is 13.7. The fraction of sp³-hybridized carbons (Fsp3) is 0.261. The van der Waals surface area contributed by atoms with Gasteiger partial charge in [0.05, 0.1) is 11.8 Å². The molecule has 0 saturated carbocycles. The predicted molar refractivity (Wildman–Crippen MR) is 125 cm³/mol. The first kappa shape index (κ1) is 20.7. The molecule has 0 aliphatic carbocycles. The van der Waals surface area contributed by atoms with Gasteiger partial charge in [0.25, 0.3) is 0 Å². The summed E-state index contributed by atoms with van der Waals surface area (Å²) in [5, 5.41) is 12.7. The van der Waals surface area contributed by atoms with Crippen LogP contribution in [0.3, 0.4) is 0 Å². The lowest BCUT2D eigenvalue weighted by atomic mass is 10.1. The van der Waals surface area contributed by atoms with Crippen molar-refractivity contribution in [3.8, 4) is 28.7 Å². The van der Waals surface area contributed by atoms with E-state index in [1.807, 2.05) is 80.7 Å². The van der Waals surface area contributed by atoms with Gasteiger partial charge in [-0.15, -0.1) is 5.10 Å². The lowest BCUT2D eigenvalue weighted by molar-refractivity contribution is 0.242. The molecule has 5 rings (SSSR count). The van der Waals surface area contributed by atoms with E-state index in [2.05, 4.69) is 20.4 Å². The number of pyridine rings is 1. The topological polar surface area (TPSA) is 100.0 Å². The normalized spacial score (nSPS) is 11.5. The third-order valence-electron chi connectivity index (χ3n) is 5.24. The number of aromatic nitrogens is 8. The first-order valence-electron chi connectivity index (χ1n) is 10.7. The van der Waals surface area contributed by atoms with Gasteiger partial charge in [-0.2, -0.15) is 5.10 Å². The van der Waals surface area contributed by atoms with E-state index in [4.69, 9.17) is 14.8 Å². The van der Waals surface area contributed by atoms with Gasteiger partial charge in [0.1, 0.15) is 17.1 Å². The molecule has 1 N–H and O–H groups in total. The van der Waals surface area contributed by atoms with Crippen LogP contribution in [0.25, 0.3) is 28.4 Å². The quantitative estimate of drug-likeness (QED) is 0.426. The van der Waals surface area contributed by atoms with Crippen molar-refractivity contribution >= 4 is 17.2 Å². The first-order valence-corrected chi connectivity index (χ1v) is 10.7. The van der Waals surface area contributed by atoms with Crippen LogP contribution in [-0.4, -0.2) is 45.0 Å². The average Bonchev–Trinajstić information content (AvgIpc) is 3.46. The van der Waals surface area contributed by atoms with Crippen LogP contribution in [0.15, 0.2) is 49.2 Å². The maximum atomic E-state index is 5.82. The summed E-state index contributed by atoms with van der Waals surface area (Å²) >= 11 is 0. The number of aryl methyl sites for hydroxylation is 3. The maximum Gasteiger partial charge on any atom is 0.218 e. The molecule has 10 heteroatoms. The molecular formula is C23H25N9O. The van der Waals surface area contributed by atoms with Gasteiger partial charge < -0.3 is 14.6 Å². The zero-order chi connectivity index (χ0) is 23.1. The van der Waals surface area contributed by atoms with Crippen molar-refractivity contribution in [3.63, 3.8) is 0 Å². The number of nitrogens with zero attached hydrogens (tertiary/aromatic N) is 8. The average molecular weight is 444 g/mol. The number of nitrogens with one attached hydrogen (secondary N) is 1. The second-order valence-corrected chi connectivity index (χ2v) is 8.15. The fourth-order valence-electron chi connectivity index (χ4n) is 3.76. The van der Waals surface area contributed by atoms with E-state index in [0.717, 1.165) is 28.1 Å². The molecule has 168 valence electrons. The van der Waals surface area contributed by atoms with E-state index in [9.17, 15) is 0 Å². The number of fused-ring (bicyclic) bond motifs is 1. The number of anilines is 2. The molecule has 0 saturated heterocycles. The van der Waals surface area contributed by atoms with Crippen LogP contribution in [0.1, 0.15) is 19.4 Å². The molecule has 0 atom stereocenters. The molecule has 0 aliphatic rings. The molecule has 0 aliphatic heterocycles. The second kappa shape index (κ2) is 8.05. The molecule has 0 spiro atoms. The van der Waals surface area contributed by atoms with E-state index in [1.165, 1.54) is 0 Å². The molecule has 33 heavy (non-hydrogen) atoms. The summed E-state index contributed by atoms with van der Waals surface area (Å²) in [6.45, 7) is 6.02. The standard InChI is InChI=1S/C23H25N9O/c1-14(2)33-16-6-8-24-19(12-16)26-21-20-15(3)17(18-7-10-31(5)28-18)13-32(20)29-22(27-21)23-25-9-11-30(23)4/h6-14H,1-5H3,(H,24,26,27,29). The van der Waals surface area contributed by atoms with Crippen LogP contribution in [0.4, 0.5) is 11.6 Å². The fourth-order valence-corrected chi connectivity index (χ4v) is 3.76. The Morgan fingerprint density at radius 3 is 2.58 bits per heavy atom. The van der Waals surface area contributed by atoms with Crippen molar-refractivity contribution in [3.05, 3.63) is 54.7 Å². The van der Waals surface area contributed by atoms with Gasteiger partial charge in [0, 0.05) is 56.7 Å². The van der Waals surface area contributed by atoms with Crippen LogP contribution in [0.5, 0.6) is 5.75 Å². The van der Waals surface area contributed by atoms with Gasteiger partial charge in [0.15, 0.2) is 11.6 Å². The monoisotopic (exact) mass is 443 g/mol.